The Morgan fingerprint density at radius 2 is 1.35 bits per heavy atom. The molecule has 9 heteroatoms. The van der Waals surface area contributed by atoms with E-state index in [1.807, 2.05) is 19.9 Å². The zero-order valence-electron chi connectivity index (χ0n) is 22.8. The lowest BCUT2D eigenvalue weighted by molar-refractivity contribution is -0.386. The summed E-state index contributed by atoms with van der Waals surface area (Å²) in [7, 11) is 0. The van der Waals surface area contributed by atoms with Crippen LogP contribution in [0.15, 0.2) is 12.1 Å². The minimum atomic E-state index is -0.346. The Kier molecular flexibility index (Phi) is 8.89. The number of nitro benzene ring substituents is 2. The van der Waals surface area contributed by atoms with Crippen LogP contribution in [0, 0.1) is 47.9 Å². The van der Waals surface area contributed by atoms with Crippen LogP contribution in [0.1, 0.15) is 72.9 Å². The lowest BCUT2D eigenvalue weighted by Crippen LogP contribution is -2.25. The van der Waals surface area contributed by atoms with Gasteiger partial charge in [-0.2, -0.15) is 0 Å². The van der Waals surface area contributed by atoms with E-state index in [-0.39, 0.29) is 21.4 Å². The number of carbonyl (C=O) groups excluding carboxylic acids is 1. The van der Waals surface area contributed by atoms with E-state index in [0.29, 0.717) is 29.8 Å². The first-order chi connectivity index (χ1) is 17.5. The maximum absolute atomic E-state index is 11.4. The molecule has 0 radical (unpaired) electrons. The average Bonchev–Trinajstić information content (AvgIpc) is 3.41. The number of nitro groups is 2. The number of unbranched alkanes of at least 4 members (excludes halogenated alkanes) is 3. The molecule has 2 aliphatic heterocycles. The number of aryl methyl sites for hydroxylation is 2. The fourth-order valence-electron chi connectivity index (χ4n) is 5.70. The molecule has 0 aromatic heterocycles. The Morgan fingerprint density at radius 1 is 0.838 bits per heavy atom. The Balaban J connectivity index is 0.000000208. The fraction of sp³-hybridized carbons (Fsp3) is 0.536. The lowest BCUT2D eigenvalue weighted by Gasteiger charge is -2.20. The number of benzene rings is 2. The predicted molar refractivity (Wildman–Crippen MR) is 147 cm³/mol. The van der Waals surface area contributed by atoms with Crippen LogP contribution >= 0.6 is 0 Å². The van der Waals surface area contributed by atoms with Gasteiger partial charge in [0.25, 0.3) is 11.4 Å². The molecule has 0 atom stereocenters. The standard InChI is InChI=1S/C16H24N2O2.C12H14N2O3/c1-4-5-6-7-9-17-10-8-14-13(3)16(18(19)20)12(2)11-15(14)17;1-7-6-11-10(4-5-13(11)9(3)15)8(2)12(7)14(16)17/h11H,4-10H2,1-3H3;6H,4-5H2,1-3H3. The number of hydrogen-bond acceptors (Lipinski definition) is 6. The molecule has 2 aromatic carbocycles. The highest BCUT2D eigenvalue weighted by atomic mass is 16.6. The zero-order chi connectivity index (χ0) is 27.4. The van der Waals surface area contributed by atoms with Crippen LogP contribution < -0.4 is 9.80 Å². The van der Waals surface area contributed by atoms with Crippen LogP contribution in [0.4, 0.5) is 22.7 Å². The third-order valence-corrected chi connectivity index (χ3v) is 7.56. The first-order valence-electron chi connectivity index (χ1n) is 13.1. The normalized spacial score (nSPS) is 13.7. The smallest absolute Gasteiger partial charge is 0.275 e. The Morgan fingerprint density at radius 3 is 1.86 bits per heavy atom. The van der Waals surface area contributed by atoms with Gasteiger partial charge in [-0.15, -0.1) is 0 Å². The molecule has 2 heterocycles. The van der Waals surface area contributed by atoms with Gasteiger partial charge in [0.1, 0.15) is 0 Å². The second-order valence-electron chi connectivity index (χ2n) is 10.1. The van der Waals surface area contributed by atoms with E-state index in [4.69, 9.17) is 0 Å². The first-order valence-corrected chi connectivity index (χ1v) is 13.1. The van der Waals surface area contributed by atoms with Crippen molar-refractivity contribution in [2.24, 2.45) is 0 Å². The molecule has 0 saturated carbocycles. The van der Waals surface area contributed by atoms with Crippen LogP contribution in [0.5, 0.6) is 0 Å². The van der Waals surface area contributed by atoms with Crippen LogP contribution in [0.3, 0.4) is 0 Å². The second-order valence-corrected chi connectivity index (χ2v) is 10.1. The number of hydrogen-bond donors (Lipinski definition) is 0. The number of anilines is 2. The predicted octanol–water partition coefficient (Wildman–Crippen LogP) is 6.28. The van der Waals surface area contributed by atoms with Gasteiger partial charge in [0.15, 0.2) is 0 Å². The SMILES string of the molecule is CC(=O)N1CCc2c1cc(C)c([N+](=O)[O-])c2C.CCCCCCN1CCc2c1cc(C)c([N+](=O)[O-])c2C. The van der Waals surface area contributed by atoms with Gasteiger partial charge in [0, 0.05) is 60.2 Å². The van der Waals surface area contributed by atoms with Crippen LogP contribution in [-0.2, 0) is 17.6 Å². The van der Waals surface area contributed by atoms with Crippen molar-refractivity contribution in [3.05, 3.63) is 65.7 Å². The van der Waals surface area contributed by atoms with Crippen LogP contribution in [0.25, 0.3) is 0 Å². The van der Waals surface area contributed by atoms with Gasteiger partial charge in [0.05, 0.1) is 9.85 Å². The lowest BCUT2D eigenvalue weighted by atomic mass is 10.0. The molecule has 0 bridgehead atoms. The van der Waals surface area contributed by atoms with Crippen molar-refractivity contribution in [2.75, 3.05) is 29.4 Å². The highest BCUT2D eigenvalue weighted by Gasteiger charge is 2.30. The van der Waals surface area contributed by atoms with Crippen molar-refractivity contribution in [2.45, 2.75) is 80.1 Å². The van der Waals surface area contributed by atoms with E-state index in [0.717, 1.165) is 41.9 Å². The third kappa shape index (κ3) is 5.76. The highest BCUT2D eigenvalue weighted by molar-refractivity contribution is 5.94. The summed E-state index contributed by atoms with van der Waals surface area (Å²) in [4.78, 5) is 37.1. The zero-order valence-corrected chi connectivity index (χ0v) is 22.8. The summed E-state index contributed by atoms with van der Waals surface area (Å²) < 4.78 is 0. The van der Waals surface area contributed by atoms with E-state index in [1.165, 1.54) is 43.9 Å². The van der Waals surface area contributed by atoms with E-state index in [2.05, 4.69) is 11.8 Å². The maximum atomic E-state index is 11.4. The number of fused-ring (bicyclic) bond motifs is 2. The molecular weight excluding hydrogens is 472 g/mol. The maximum Gasteiger partial charge on any atom is 0.275 e. The van der Waals surface area contributed by atoms with Gasteiger partial charge < -0.3 is 9.80 Å². The Hall–Kier alpha value is -3.49. The van der Waals surface area contributed by atoms with E-state index >= 15 is 0 Å². The van der Waals surface area contributed by atoms with Crippen molar-refractivity contribution >= 4 is 28.7 Å². The Bertz CT molecular complexity index is 1220. The van der Waals surface area contributed by atoms with Gasteiger partial charge in [-0.25, -0.2) is 0 Å². The summed E-state index contributed by atoms with van der Waals surface area (Å²) in [6, 6.07) is 3.75. The summed E-state index contributed by atoms with van der Waals surface area (Å²) in [6.07, 6.45) is 6.66. The molecule has 9 nitrogen and oxygen atoms in total. The second kappa shape index (κ2) is 11.7. The number of rotatable bonds is 7. The molecule has 2 aliphatic rings. The number of carbonyl (C=O) groups is 1. The third-order valence-electron chi connectivity index (χ3n) is 7.56. The van der Waals surface area contributed by atoms with Crippen molar-refractivity contribution < 1.29 is 14.6 Å². The molecule has 0 fully saturated rings. The van der Waals surface area contributed by atoms with Gasteiger partial charge in [0.2, 0.25) is 5.91 Å². The summed E-state index contributed by atoms with van der Waals surface area (Å²) in [6.45, 7) is 13.6. The largest absolute Gasteiger partial charge is 0.371 e. The van der Waals surface area contributed by atoms with Crippen LogP contribution in [0.2, 0.25) is 0 Å². The highest BCUT2D eigenvalue weighted by Crippen LogP contribution is 2.39. The van der Waals surface area contributed by atoms with Crippen molar-refractivity contribution in [3.63, 3.8) is 0 Å². The van der Waals surface area contributed by atoms with Gasteiger partial charge in [-0.05, 0) is 70.2 Å². The quantitative estimate of drug-likeness (QED) is 0.246. The molecule has 4 rings (SSSR count). The summed E-state index contributed by atoms with van der Waals surface area (Å²) >= 11 is 0. The van der Waals surface area contributed by atoms with E-state index in [9.17, 15) is 25.0 Å². The molecule has 2 aromatic rings. The van der Waals surface area contributed by atoms with Crippen LogP contribution in [-0.4, -0.2) is 35.4 Å². The molecule has 0 spiro atoms. The Labute approximate surface area is 218 Å². The summed E-state index contributed by atoms with van der Waals surface area (Å²) in [5, 5.41) is 22.1. The summed E-state index contributed by atoms with van der Waals surface area (Å²) in [5.41, 5.74) is 7.59. The van der Waals surface area contributed by atoms with E-state index < -0.39 is 0 Å². The fourth-order valence-corrected chi connectivity index (χ4v) is 5.70. The minimum Gasteiger partial charge on any atom is -0.371 e. The van der Waals surface area contributed by atoms with Gasteiger partial charge in [-0.1, -0.05) is 26.2 Å². The molecule has 1 amide bonds. The molecule has 0 aliphatic carbocycles. The molecular formula is C28H38N4O5. The molecule has 200 valence electrons. The van der Waals surface area contributed by atoms with Crippen molar-refractivity contribution in [1.82, 2.24) is 0 Å². The molecule has 0 saturated heterocycles. The number of amides is 1. The average molecular weight is 511 g/mol. The number of nitrogens with zero attached hydrogens (tertiary/aromatic N) is 4. The van der Waals surface area contributed by atoms with Gasteiger partial charge >= 0.3 is 0 Å². The monoisotopic (exact) mass is 510 g/mol. The van der Waals surface area contributed by atoms with Crippen molar-refractivity contribution in [3.8, 4) is 0 Å². The minimum absolute atomic E-state index is 0.0172. The van der Waals surface area contributed by atoms with E-state index in [1.54, 1.807) is 24.8 Å². The topological polar surface area (TPSA) is 110 Å². The van der Waals surface area contributed by atoms with Crippen molar-refractivity contribution in [1.29, 1.82) is 0 Å². The molecule has 0 N–H and O–H groups in total. The summed E-state index contributed by atoms with van der Waals surface area (Å²) in [5.74, 6) is -0.0172. The molecule has 0 unspecified atom stereocenters. The molecule has 37 heavy (non-hydrogen) atoms. The first kappa shape index (κ1) is 28.1. The van der Waals surface area contributed by atoms with Gasteiger partial charge in [-0.3, -0.25) is 25.0 Å².